The molecule has 0 saturated carbocycles. The van der Waals surface area contributed by atoms with Gasteiger partial charge in [0.2, 0.25) is 21.8 Å². The summed E-state index contributed by atoms with van der Waals surface area (Å²) < 4.78 is 27.2. The van der Waals surface area contributed by atoms with Crippen LogP contribution in [-0.2, 0) is 39.0 Å². The number of nitrogens with zero attached hydrogens (tertiary/aromatic N) is 2. The number of nitrogens with one attached hydrogen (secondary N) is 1. The third-order valence-electron chi connectivity index (χ3n) is 5.92. The van der Waals surface area contributed by atoms with E-state index in [1.165, 1.54) is 27.8 Å². The number of sulfonamides is 1. The highest BCUT2D eigenvalue weighted by Gasteiger charge is 2.37. The number of benzene rings is 2. The smallest absolute Gasteiger partial charge is 0.243 e. The van der Waals surface area contributed by atoms with Gasteiger partial charge in [0.1, 0.15) is 6.04 Å². The molecule has 1 N–H and O–H groups in total. The van der Waals surface area contributed by atoms with E-state index in [1.807, 2.05) is 24.3 Å². The minimum atomic E-state index is -3.62. The summed E-state index contributed by atoms with van der Waals surface area (Å²) in [4.78, 5) is 27.0. The summed E-state index contributed by atoms with van der Waals surface area (Å²) in [6.07, 6.45) is 1.23. The minimum absolute atomic E-state index is 0.181. The Labute approximate surface area is 190 Å². The van der Waals surface area contributed by atoms with E-state index < -0.39 is 16.1 Å². The van der Waals surface area contributed by atoms with Crippen LogP contribution in [0.4, 0.5) is 5.69 Å². The van der Waals surface area contributed by atoms with Crippen molar-refractivity contribution in [2.24, 2.45) is 0 Å². The number of rotatable bonds is 8. The molecule has 7 nitrogen and oxygen atoms in total. The van der Waals surface area contributed by atoms with Gasteiger partial charge in [0, 0.05) is 38.7 Å². The zero-order valence-electron chi connectivity index (χ0n) is 19.1. The van der Waals surface area contributed by atoms with Crippen LogP contribution in [0.1, 0.15) is 44.4 Å². The van der Waals surface area contributed by atoms with Crippen LogP contribution < -0.4 is 10.2 Å². The van der Waals surface area contributed by atoms with E-state index in [4.69, 9.17) is 0 Å². The molecule has 0 fully saturated rings. The van der Waals surface area contributed by atoms with E-state index in [2.05, 4.69) is 12.2 Å². The first-order valence-corrected chi connectivity index (χ1v) is 12.4. The highest BCUT2D eigenvalue weighted by Crippen LogP contribution is 2.35. The number of hydrogen-bond donors (Lipinski definition) is 1. The van der Waals surface area contributed by atoms with Gasteiger partial charge in [-0.05, 0) is 41.3 Å². The Balaban J connectivity index is 1.81. The Hall–Kier alpha value is -2.71. The molecule has 2 amide bonds. The molecule has 3 rings (SSSR count). The summed E-state index contributed by atoms with van der Waals surface area (Å²) in [7, 11) is -3.62. The molecule has 8 heteroatoms. The zero-order valence-corrected chi connectivity index (χ0v) is 19.9. The predicted molar refractivity (Wildman–Crippen MR) is 125 cm³/mol. The summed E-state index contributed by atoms with van der Waals surface area (Å²) in [6, 6.07) is 12.1. The summed E-state index contributed by atoms with van der Waals surface area (Å²) in [5, 5.41) is 2.92. The lowest BCUT2D eigenvalue weighted by Gasteiger charge is -2.23. The van der Waals surface area contributed by atoms with Gasteiger partial charge in [-0.15, -0.1) is 0 Å². The van der Waals surface area contributed by atoms with Crippen molar-refractivity contribution in [1.82, 2.24) is 9.62 Å². The third-order valence-corrected chi connectivity index (χ3v) is 7.96. The normalized spacial score (nSPS) is 15.7. The number of carbonyl (C=O) groups excluding carboxylic acids is 2. The van der Waals surface area contributed by atoms with E-state index in [0.29, 0.717) is 30.9 Å². The van der Waals surface area contributed by atoms with Gasteiger partial charge >= 0.3 is 0 Å². The predicted octanol–water partition coefficient (Wildman–Crippen LogP) is 2.87. The van der Waals surface area contributed by atoms with Crippen LogP contribution >= 0.6 is 0 Å². The molecule has 2 aromatic carbocycles. The second-order valence-electron chi connectivity index (χ2n) is 7.88. The summed E-state index contributed by atoms with van der Waals surface area (Å²) >= 11 is 0. The fourth-order valence-corrected chi connectivity index (χ4v) is 5.61. The van der Waals surface area contributed by atoms with Crippen molar-refractivity contribution in [2.45, 2.75) is 58.0 Å². The molecule has 0 aliphatic carbocycles. The average Bonchev–Trinajstić information content (AvgIpc) is 3.17. The van der Waals surface area contributed by atoms with Crippen molar-refractivity contribution < 1.29 is 18.0 Å². The van der Waals surface area contributed by atoms with Gasteiger partial charge in [-0.1, -0.05) is 45.0 Å². The molecule has 0 bridgehead atoms. The van der Waals surface area contributed by atoms with Gasteiger partial charge in [0.15, 0.2) is 0 Å². The minimum Gasteiger partial charge on any atom is -0.350 e. The number of aryl methyl sites for hydroxylation is 1. The molecule has 0 unspecified atom stereocenters. The SMILES string of the molecule is CCc1ccc(CNC(=O)[C@H]2Cc3cc(S(=O)(=O)N(CC)CC)ccc3N2C(C)=O)cc1. The number of carbonyl (C=O) groups is 2. The first-order valence-electron chi connectivity index (χ1n) is 11.0. The van der Waals surface area contributed by atoms with E-state index >= 15 is 0 Å². The highest BCUT2D eigenvalue weighted by atomic mass is 32.2. The van der Waals surface area contributed by atoms with Gasteiger partial charge < -0.3 is 5.32 Å². The lowest BCUT2D eigenvalue weighted by Crippen LogP contribution is -2.47. The van der Waals surface area contributed by atoms with Gasteiger partial charge in [0.05, 0.1) is 4.90 Å². The largest absolute Gasteiger partial charge is 0.350 e. The molecule has 1 aliphatic rings. The zero-order chi connectivity index (χ0) is 23.5. The van der Waals surface area contributed by atoms with Crippen LogP contribution in [0.15, 0.2) is 47.4 Å². The third kappa shape index (κ3) is 4.71. The van der Waals surface area contributed by atoms with Crippen LogP contribution in [0.2, 0.25) is 0 Å². The van der Waals surface area contributed by atoms with Crippen LogP contribution in [0.5, 0.6) is 0 Å². The Morgan fingerprint density at radius 1 is 1.03 bits per heavy atom. The van der Waals surface area contributed by atoms with Crippen molar-refractivity contribution >= 4 is 27.5 Å². The molecule has 0 radical (unpaired) electrons. The standard InChI is InChI=1S/C24H31N3O4S/c1-5-18-8-10-19(11-9-18)16-25-24(29)23-15-20-14-21(32(30,31)26(6-2)7-3)12-13-22(20)27(23)17(4)28/h8-14,23H,5-7,15-16H2,1-4H3,(H,25,29)/t23-/m1/s1. The fourth-order valence-electron chi connectivity index (χ4n) is 4.10. The number of fused-ring (bicyclic) bond motifs is 1. The van der Waals surface area contributed by atoms with Crippen molar-refractivity contribution in [3.63, 3.8) is 0 Å². The fraction of sp³-hybridized carbons (Fsp3) is 0.417. The first kappa shape index (κ1) is 23.9. The molecule has 1 atom stereocenters. The lowest BCUT2D eigenvalue weighted by atomic mass is 10.1. The van der Waals surface area contributed by atoms with E-state index in [9.17, 15) is 18.0 Å². The van der Waals surface area contributed by atoms with Crippen molar-refractivity contribution in [3.8, 4) is 0 Å². The monoisotopic (exact) mass is 457 g/mol. The van der Waals surface area contributed by atoms with Gasteiger partial charge in [-0.2, -0.15) is 4.31 Å². The van der Waals surface area contributed by atoms with E-state index in [-0.39, 0.29) is 23.1 Å². The Morgan fingerprint density at radius 2 is 1.66 bits per heavy atom. The van der Waals surface area contributed by atoms with Crippen LogP contribution in [0.3, 0.4) is 0 Å². The maximum Gasteiger partial charge on any atom is 0.243 e. The van der Waals surface area contributed by atoms with E-state index in [0.717, 1.165) is 12.0 Å². The Bertz CT molecular complexity index is 1090. The second-order valence-corrected chi connectivity index (χ2v) is 9.81. The molecule has 1 aliphatic heterocycles. The van der Waals surface area contributed by atoms with Crippen LogP contribution in [-0.4, -0.2) is 43.7 Å². The lowest BCUT2D eigenvalue weighted by molar-refractivity contribution is -0.125. The average molecular weight is 458 g/mol. The molecule has 32 heavy (non-hydrogen) atoms. The Morgan fingerprint density at radius 3 is 2.22 bits per heavy atom. The Kier molecular flexibility index (Phi) is 7.36. The van der Waals surface area contributed by atoms with Crippen LogP contribution in [0, 0.1) is 0 Å². The second kappa shape index (κ2) is 9.83. The van der Waals surface area contributed by atoms with Crippen molar-refractivity contribution in [2.75, 3.05) is 18.0 Å². The van der Waals surface area contributed by atoms with Crippen molar-refractivity contribution in [3.05, 3.63) is 59.2 Å². The molecule has 172 valence electrons. The molecule has 0 saturated heterocycles. The van der Waals surface area contributed by atoms with Gasteiger partial charge in [-0.3, -0.25) is 14.5 Å². The van der Waals surface area contributed by atoms with E-state index in [1.54, 1.807) is 26.0 Å². The molecule has 1 heterocycles. The summed E-state index contributed by atoms with van der Waals surface area (Å²) in [5.41, 5.74) is 3.47. The molecule has 0 spiro atoms. The number of hydrogen-bond acceptors (Lipinski definition) is 4. The first-order chi connectivity index (χ1) is 15.2. The molecular weight excluding hydrogens is 426 g/mol. The molecule has 0 aromatic heterocycles. The maximum atomic E-state index is 13.0. The van der Waals surface area contributed by atoms with Gasteiger partial charge in [-0.25, -0.2) is 8.42 Å². The van der Waals surface area contributed by atoms with Crippen LogP contribution in [0.25, 0.3) is 0 Å². The summed E-state index contributed by atoms with van der Waals surface area (Å²) in [6.45, 7) is 8.20. The quantitative estimate of drug-likeness (QED) is 0.660. The number of anilines is 1. The summed E-state index contributed by atoms with van der Waals surface area (Å²) in [5.74, 6) is -0.514. The topological polar surface area (TPSA) is 86.8 Å². The number of amides is 2. The molecule has 2 aromatic rings. The molecular formula is C24H31N3O4S. The highest BCUT2D eigenvalue weighted by molar-refractivity contribution is 7.89. The van der Waals surface area contributed by atoms with Gasteiger partial charge in [0.25, 0.3) is 0 Å². The maximum absolute atomic E-state index is 13.0. The van der Waals surface area contributed by atoms with Crippen molar-refractivity contribution in [1.29, 1.82) is 0 Å².